The van der Waals surface area contributed by atoms with E-state index in [4.69, 9.17) is 9.84 Å². The maximum atomic E-state index is 12.0. The molecule has 0 atom stereocenters. The van der Waals surface area contributed by atoms with Crippen LogP contribution in [0.5, 0.6) is 0 Å². The van der Waals surface area contributed by atoms with Gasteiger partial charge in [0.05, 0.1) is 11.1 Å². The van der Waals surface area contributed by atoms with Gasteiger partial charge in [0.15, 0.2) is 0 Å². The molecule has 1 aliphatic rings. The number of hydrogen-bond donors (Lipinski definition) is 2. The summed E-state index contributed by atoms with van der Waals surface area (Å²) >= 11 is 0. The van der Waals surface area contributed by atoms with Crippen LogP contribution in [0.2, 0.25) is 0 Å². The topological polar surface area (TPSA) is 101 Å². The number of benzene rings is 1. The molecular weight excluding hydrogens is 324 g/mol. The Morgan fingerprint density at radius 2 is 1.88 bits per heavy atom. The van der Waals surface area contributed by atoms with Crippen LogP contribution in [0.25, 0.3) is 0 Å². The Morgan fingerprint density at radius 3 is 2.44 bits per heavy atom. The van der Waals surface area contributed by atoms with Crippen molar-refractivity contribution in [2.75, 3.05) is 0 Å². The first kappa shape index (κ1) is 18.7. The van der Waals surface area contributed by atoms with E-state index in [1.807, 2.05) is 26.8 Å². The van der Waals surface area contributed by atoms with E-state index in [-0.39, 0.29) is 24.2 Å². The number of ether oxygens (including phenoxy) is 1. The lowest BCUT2D eigenvalue weighted by molar-refractivity contribution is -0.136. The molecule has 1 aliphatic heterocycles. The lowest BCUT2D eigenvalue weighted by Crippen LogP contribution is -2.14. The van der Waals surface area contributed by atoms with Crippen LogP contribution in [-0.2, 0) is 29.0 Å². The minimum Gasteiger partial charge on any atom is -0.481 e. The molecule has 0 radical (unpaired) electrons. The normalized spacial score (nSPS) is 13.6. The molecule has 1 aromatic carbocycles. The van der Waals surface area contributed by atoms with Gasteiger partial charge in [0.2, 0.25) is 0 Å². The molecule has 0 saturated heterocycles. The Hall–Kier alpha value is -2.63. The number of aromatic carboxylic acids is 1. The van der Waals surface area contributed by atoms with Crippen molar-refractivity contribution in [1.29, 1.82) is 0 Å². The highest BCUT2D eigenvalue weighted by molar-refractivity contribution is 6.06. The number of fused-ring (bicyclic) bond motifs is 1. The highest BCUT2D eigenvalue weighted by Crippen LogP contribution is 2.34. The van der Waals surface area contributed by atoms with Crippen LogP contribution in [0.3, 0.4) is 0 Å². The molecule has 2 rings (SSSR count). The quantitative estimate of drug-likeness (QED) is 0.580. The number of hydrogen-bond acceptors (Lipinski definition) is 4. The molecule has 25 heavy (non-hydrogen) atoms. The number of cyclic esters (lactones) is 1. The molecule has 1 aromatic rings. The van der Waals surface area contributed by atoms with Crippen molar-refractivity contribution in [3.05, 3.63) is 45.0 Å². The van der Waals surface area contributed by atoms with Gasteiger partial charge >= 0.3 is 17.9 Å². The van der Waals surface area contributed by atoms with Crippen molar-refractivity contribution in [1.82, 2.24) is 0 Å². The Bertz CT molecular complexity index is 773. The van der Waals surface area contributed by atoms with Crippen molar-refractivity contribution in [3.8, 4) is 0 Å². The number of carboxylic acid groups (broad SMARTS) is 2. The number of allylic oxidation sites excluding steroid dienone is 2. The van der Waals surface area contributed by atoms with Crippen LogP contribution >= 0.6 is 0 Å². The second-order valence-electron chi connectivity index (χ2n) is 6.19. The second kappa shape index (κ2) is 7.51. The third-order valence-electron chi connectivity index (χ3n) is 4.63. The van der Waals surface area contributed by atoms with E-state index >= 15 is 0 Å². The SMILES string of the molecule is CCc1c(C)c2c(c(C(=O)O)c1C/C=C(\C)CCC(=O)O)C(=O)OC2. The maximum Gasteiger partial charge on any atom is 0.339 e. The summed E-state index contributed by atoms with van der Waals surface area (Å²) in [5.41, 5.74) is 4.14. The van der Waals surface area contributed by atoms with Crippen LogP contribution in [0, 0.1) is 6.92 Å². The van der Waals surface area contributed by atoms with Gasteiger partial charge in [-0.1, -0.05) is 18.6 Å². The highest BCUT2D eigenvalue weighted by Gasteiger charge is 2.33. The monoisotopic (exact) mass is 346 g/mol. The number of aliphatic carboxylic acids is 1. The fourth-order valence-electron chi connectivity index (χ4n) is 3.29. The highest BCUT2D eigenvalue weighted by atomic mass is 16.5. The summed E-state index contributed by atoms with van der Waals surface area (Å²) in [6.45, 7) is 5.77. The van der Waals surface area contributed by atoms with Crippen LogP contribution < -0.4 is 0 Å². The van der Waals surface area contributed by atoms with Crippen LogP contribution in [0.1, 0.15) is 69.7 Å². The molecule has 0 saturated carbocycles. The molecule has 1 heterocycles. The summed E-state index contributed by atoms with van der Waals surface area (Å²) in [7, 11) is 0. The average Bonchev–Trinajstić information content (AvgIpc) is 2.92. The predicted molar refractivity (Wildman–Crippen MR) is 91.0 cm³/mol. The van der Waals surface area contributed by atoms with Gasteiger partial charge in [-0.15, -0.1) is 0 Å². The molecule has 2 N–H and O–H groups in total. The van der Waals surface area contributed by atoms with E-state index in [0.29, 0.717) is 30.4 Å². The molecule has 0 spiro atoms. The van der Waals surface area contributed by atoms with E-state index in [0.717, 1.165) is 16.7 Å². The third kappa shape index (κ3) is 3.73. The Balaban J connectivity index is 2.53. The van der Waals surface area contributed by atoms with Crippen molar-refractivity contribution in [3.63, 3.8) is 0 Å². The van der Waals surface area contributed by atoms with Crippen LogP contribution in [0.4, 0.5) is 0 Å². The van der Waals surface area contributed by atoms with Gasteiger partial charge in [0.25, 0.3) is 0 Å². The Labute approximate surface area is 146 Å². The zero-order valence-corrected chi connectivity index (χ0v) is 14.6. The first-order valence-electron chi connectivity index (χ1n) is 8.22. The van der Waals surface area contributed by atoms with Gasteiger partial charge in [-0.2, -0.15) is 0 Å². The zero-order chi connectivity index (χ0) is 18.7. The van der Waals surface area contributed by atoms with E-state index in [1.165, 1.54) is 0 Å². The van der Waals surface area contributed by atoms with Gasteiger partial charge in [0.1, 0.15) is 6.61 Å². The van der Waals surface area contributed by atoms with Gasteiger partial charge in [-0.3, -0.25) is 4.79 Å². The summed E-state index contributed by atoms with van der Waals surface area (Å²) in [6, 6.07) is 0. The third-order valence-corrected chi connectivity index (χ3v) is 4.63. The number of carbonyl (C=O) groups is 3. The number of esters is 1. The lowest BCUT2D eigenvalue weighted by atomic mass is 9.85. The lowest BCUT2D eigenvalue weighted by Gasteiger charge is -2.17. The largest absolute Gasteiger partial charge is 0.481 e. The van der Waals surface area contributed by atoms with Crippen LogP contribution in [-0.4, -0.2) is 28.1 Å². The van der Waals surface area contributed by atoms with Crippen molar-refractivity contribution >= 4 is 17.9 Å². The van der Waals surface area contributed by atoms with Gasteiger partial charge in [-0.05, 0) is 49.8 Å². The van der Waals surface area contributed by atoms with Gasteiger partial charge in [0, 0.05) is 12.0 Å². The maximum absolute atomic E-state index is 12.0. The second-order valence-corrected chi connectivity index (χ2v) is 6.19. The molecule has 0 unspecified atom stereocenters. The minimum absolute atomic E-state index is 0.0160. The predicted octanol–water partition coefficient (Wildman–Crippen LogP) is 3.28. The summed E-state index contributed by atoms with van der Waals surface area (Å²) in [4.78, 5) is 34.6. The van der Waals surface area contributed by atoms with Crippen molar-refractivity contribution in [2.45, 2.75) is 53.1 Å². The molecule has 0 aromatic heterocycles. The molecule has 0 aliphatic carbocycles. The Morgan fingerprint density at radius 1 is 1.20 bits per heavy atom. The first-order chi connectivity index (χ1) is 11.8. The molecular formula is C19H22O6. The smallest absolute Gasteiger partial charge is 0.339 e. The fraction of sp³-hybridized carbons (Fsp3) is 0.421. The first-order valence-corrected chi connectivity index (χ1v) is 8.22. The van der Waals surface area contributed by atoms with E-state index in [1.54, 1.807) is 0 Å². The summed E-state index contributed by atoms with van der Waals surface area (Å²) in [5.74, 6) is -2.60. The fourth-order valence-corrected chi connectivity index (χ4v) is 3.29. The number of carbonyl (C=O) groups excluding carboxylic acids is 1. The van der Waals surface area contributed by atoms with E-state index in [9.17, 15) is 19.5 Å². The zero-order valence-electron chi connectivity index (χ0n) is 14.6. The Kier molecular flexibility index (Phi) is 5.62. The minimum atomic E-state index is -1.14. The van der Waals surface area contributed by atoms with E-state index < -0.39 is 17.9 Å². The summed E-state index contributed by atoms with van der Waals surface area (Å²) < 4.78 is 5.06. The molecule has 0 bridgehead atoms. The number of carboxylic acids is 2. The molecule has 6 nitrogen and oxygen atoms in total. The van der Waals surface area contributed by atoms with Crippen molar-refractivity contribution < 1.29 is 29.3 Å². The average molecular weight is 346 g/mol. The summed E-state index contributed by atoms with van der Waals surface area (Å²) in [5, 5.41) is 18.5. The number of rotatable bonds is 7. The molecule has 0 fully saturated rings. The van der Waals surface area contributed by atoms with Crippen molar-refractivity contribution in [2.24, 2.45) is 0 Å². The van der Waals surface area contributed by atoms with Crippen LogP contribution in [0.15, 0.2) is 11.6 Å². The molecule has 0 amide bonds. The van der Waals surface area contributed by atoms with E-state index in [2.05, 4.69) is 0 Å². The summed E-state index contributed by atoms with van der Waals surface area (Å²) in [6.07, 6.45) is 3.27. The molecule has 134 valence electrons. The molecule has 6 heteroatoms. The van der Waals surface area contributed by atoms with Gasteiger partial charge < -0.3 is 14.9 Å². The van der Waals surface area contributed by atoms with Gasteiger partial charge in [-0.25, -0.2) is 9.59 Å². The standard InChI is InChI=1S/C19H22O6/c1-4-12-11(3)14-9-25-19(24)17(14)16(18(22)23)13(12)7-5-10(2)6-8-15(20)21/h5H,4,6-9H2,1-3H3,(H,20,21)(H,22,23)/b10-5+.